The van der Waals surface area contributed by atoms with Crippen LogP contribution >= 0.6 is 11.8 Å². The SMILES string of the molecule is CC(C)CNC(=O)C1CCc2[nH]c3ncnc(Nc4ccc5c(c4)SC(=O)C5)c3c2C1. The van der Waals surface area contributed by atoms with Crippen LogP contribution in [0.5, 0.6) is 0 Å². The first kappa shape index (κ1) is 20.1. The highest BCUT2D eigenvalue weighted by Gasteiger charge is 2.29. The molecule has 2 aliphatic rings. The van der Waals surface area contributed by atoms with Gasteiger partial charge in [0.1, 0.15) is 17.8 Å². The molecule has 1 amide bonds. The van der Waals surface area contributed by atoms with Gasteiger partial charge in [-0.25, -0.2) is 9.97 Å². The Morgan fingerprint density at radius 1 is 1.32 bits per heavy atom. The third kappa shape index (κ3) is 3.92. The van der Waals surface area contributed by atoms with E-state index in [0.717, 1.165) is 57.1 Å². The highest BCUT2D eigenvalue weighted by atomic mass is 32.2. The van der Waals surface area contributed by atoms with E-state index >= 15 is 0 Å². The van der Waals surface area contributed by atoms with E-state index in [1.165, 1.54) is 11.8 Å². The summed E-state index contributed by atoms with van der Waals surface area (Å²) in [5.41, 5.74) is 5.01. The molecule has 3 aromatic rings. The molecule has 2 aromatic heterocycles. The van der Waals surface area contributed by atoms with Gasteiger partial charge in [0, 0.05) is 35.2 Å². The number of hydrogen-bond acceptors (Lipinski definition) is 6. The van der Waals surface area contributed by atoms with Crippen LogP contribution in [0, 0.1) is 11.8 Å². The van der Waals surface area contributed by atoms with Gasteiger partial charge >= 0.3 is 0 Å². The number of carbonyl (C=O) groups is 2. The fourth-order valence-electron chi connectivity index (χ4n) is 4.33. The molecule has 1 aliphatic carbocycles. The number of nitrogens with one attached hydrogen (secondary N) is 3. The summed E-state index contributed by atoms with van der Waals surface area (Å²) in [7, 11) is 0. The van der Waals surface area contributed by atoms with E-state index in [0.29, 0.717) is 25.3 Å². The Kier molecular flexibility index (Phi) is 5.17. The number of amides is 1. The molecule has 0 radical (unpaired) electrons. The summed E-state index contributed by atoms with van der Waals surface area (Å²) in [6.07, 6.45) is 4.36. The summed E-state index contributed by atoms with van der Waals surface area (Å²) in [4.78, 5) is 37.8. The average molecular weight is 436 g/mol. The number of rotatable bonds is 5. The van der Waals surface area contributed by atoms with Crippen LogP contribution in [0.1, 0.15) is 37.1 Å². The fraction of sp³-hybridized carbons (Fsp3) is 0.391. The number of anilines is 2. The number of hydrogen-bond donors (Lipinski definition) is 3. The molecular weight excluding hydrogens is 410 g/mol. The van der Waals surface area contributed by atoms with Crippen molar-refractivity contribution in [1.29, 1.82) is 0 Å². The van der Waals surface area contributed by atoms with Crippen molar-refractivity contribution in [2.45, 2.75) is 44.4 Å². The lowest BCUT2D eigenvalue weighted by Gasteiger charge is -2.22. The van der Waals surface area contributed by atoms with E-state index in [2.05, 4.69) is 39.4 Å². The summed E-state index contributed by atoms with van der Waals surface area (Å²) >= 11 is 1.29. The van der Waals surface area contributed by atoms with Crippen molar-refractivity contribution in [2.75, 3.05) is 11.9 Å². The van der Waals surface area contributed by atoms with E-state index in [1.807, 2.05) is 18.2 Å². The first-order valence-corrected chi connectivity index (χ1v) is 11.5. The van der Waals surface area contributed by atoms with Crippen LogP contribution in [0.3, 0.4) is 0 Å². The van der Waals surface area contributed by atoms with Crippen molar-refractivity contribution in [3.05, 3.63) is 41.3 Å². The lowest BCUT2D eigenvalue weighted by molar-refractivity contribution is -0.125. The Morgan fingerprint density at radius 2 is 2.19 bits per heavy atom. The van der Waals surface area contributed by atoms with Gasteiger partial charge in [-0.1, -0.05) is 31.7 Å². The predicted octanol–water partition coefficient (Wildman–Crippen LogP) is 3.75. The monoisotopic (exact) mass is 435 g/mol. The number of thioether (sulfide) groups is 1. The summed E-state index contributed by atoms with van der Waals surface area (Å²) < 4.78 is 0. The van der Waals surface area contributed by atoms with Gasteiger partial charge in [0.05, 0.1) is 5.39 Å². The van der Waals surface area contributed by atoms with Crippen LogP contribution in [0.25, 0.3) is 11.0 Å². The second-order valence-electron chi connectivity index (χ2n) is 8.71. The van der Waals surface area contributed by atoms with Gasteiger partial charge in [0.25, 0.3) is 0 Å². The molecule has 3 N–H and O–H groups in total. The van der Waals surface area contributed by atoms with E-state index in [4.69, 9.17) is 0 Å². The molecule has 1 aromatic carbocycles. The van der Waals surface area contributed by atoms with E-state index in [1.54, 1.807) is 6.33 Å². The molecule has 7 nitrogen and oxygen atoms in total. The minimum Gasteiger partial charge on any atom is -0.356 e. The van der Waals surface area contributed by atoms with Gasteiger partial charge in [-0.3, -0.25) is 9.59 Å². The number of nitrogens with zero attached hydrogens (tertiary/aromatic N) is 2. The van der Waals surface area contributed by atoms with E-state index in [-0.39, 0.29) is 16.9 Å². The molecule has 0 saturated carbocycles. The highest BCUT2D eigenvalue weighted by molar-refractivity contribution is 8.14. The van der Waals surface area contributed by atoms with Gasteiger partial charge in [-0.05, 0) is 48.4 Å². The Hall–Kier alpha value is -2.87. The molecule has 8 heteroatoms. The van der Waals surface area contributed by atoms with Crippen LogP contribution in [0.15, 0.2) is 29.4 Å². The molecule has 0 spiro atoms. The maximum absolute atomic E-state index is 12.7. The second-order valence-corrected chi connectivity index (χ2v) is 9.80. The van der Waals surface area contributed by atoms with Crippen molar-refractivity contribution in [3.8, 4) is 0 Å². The average Bonchev–Trinajstić information content (AvgIpc) is 3.30. The normalized spacial score (nSPS) is 17.6. The topological polar surface area (TPSA) is 99.8 Å². The maximum atomic E-state index is 12.7. The summed E-state index contributed by atoms with van der Waals surface area (Å²) in [5, 5.41) is 7.62. The minimum absolute atomic E-state index is 0.0410. The molecular formula is C23H25N5O2S. The summed E-state index contributed by atoms with van der Waals surface area (Å²) in [5.74, 6) is 1.24. The van der Waals surface area contributed by atoms with Crippen LogP contribution in [0.2, 0.25) is 0 Å². The van der Waals surface area contributed by atoms with Crippen molar-refractivity contribution in [1.82, 2.24) is 20.3 Å². The van der Waals surface area contributed by atoms with Gasteiger partial charge in [-0.15, -0.1) is 0 Å². The third-order valence-electron chi connectivity index (χ3n) is 5.92. The Bertz CT molecular complexity index is 1190. The lowest BCUT2D eigenvalue weighted by atomic mass is 9.86. The Labute approximate surface area is 184 Å². The van der Waals surface area contributed by atoms with Gasteiger partial charge in [0.2, 0.25) is 5.91 Å². The molecule has 160 valence electrons. The largest absolute Gasteiger partial charge is 0.356 e. The van der Waals surface area contributed by atoms with Crippen LogP contribution < -0.4 is 10.6 Å². The van der Waals surface area contributed by atoms with Crippen LogP contribution in [-0.2, 0) is 28.9 Å². The number of fused-ring (bicyclic) bond motifs is 4. The fourth-order valence-corrected chi connectivity index (χ4v) is 5.26. The number of aromatic nitrogens is 3. The zero-order valence-electron chi connectivity index (χ0n) is 17.6. The number of aromatic amines is 1. The lowest BCUT2D eigenvalue weighted by Crippen LogP contribution is -2.36. The highest BCUT2D eigenvalue weighted by Crippen LogP contribution is 2.37. The van der Waals surface area contributed by atoms with E-state index < -0.39 is 0 Å². The van der Waals surface area contributed by atoms with Gasteiger partial charge in [-0.2, -0.15) is 0 Å². The molecule has 0 saturated heterocycles. The van der Waals surface area contributed by atoms with Crippen molar-refractivity contribution < 1.29 is 9.59 Å². The standard InChI is InChI=1S/C23H25N5O2S/c1-12(2)10-24-23(30)14-4-6-17-16(7-14)20-21(25-11-26-22(20)28-17)27-15-5-3-13-8-19(29)31-18(13)9-15/h3,5,9,11-12,14H,4,6-8,10H2,1-2H3,(H,24,30)(H2,25,26,27,28). The number of aryl methyl sites for hydroxylation is 1. The Balaban J connectivity index is 1.44. The maximum Gasteiger partial charge on any atom is 0.223 e. The summed E-state index contributed by atoms with van der Waals surface area (Å²) in [6, 6.07) is 5.98. The molecule has 5 rings (SSSR count). The molecule has 1 atom stereocenters. The number of carbonyl (C=O) groups excluding carboxylic acids is 2. The van der Waals surface area contributed by atoms with Crippen molar-refractivity contribution >= 4 is 45.3 Å². The van der Waals surface area contributed by atoms with Gasteiger partial charge in [0.15, 0.2) is 5.12 Å². The van der Waals surface area contributed by atoms with Crippen molar-refractivity contribution in [3.63, 3.8) is 0 Å². The Morgan fingerprint density at radius 3 is 3.03 bits per heavy atom. The first-order chi connectivity index (χ1) is 15.0. The minimum atomic E-state index is -0.0410. The molecule has 31 heavy (non-hydrogen) atoms. The van der Waals surface area contributed by atoms with Crippen molar-refractivity contribution in [2.24, 2.45) is 11.8 Å². The first-order valence-electron chi connectivity index (χ1n) is 10.7. The number of H-pyrrole nitrogens is 1. The molecule has 0 bridgehead atoms. The smallest absolute Gasteiger partial charge is 0.223 e. The molecule has 1 unspecified atom stereocenters. The van der Waals surface area contributed by atoms with Crippen LogP contribution in [0.4, 0.5) is 11.5 Å². The zero-order chi connectivity index (χ0) is 21.5. The molecule has 3 heterocycles. The molecule has 0 fully saturated rings. The third-order valence-corrected chi connectivity index (χ3v) is 6.89. The van der Waals surface area contributed by atoms with Crippen LogP contribution in [-0.4, -0.2) is 32.5 Å². The second kappa shape index (κ2) is 8.00. The summed E-state index contributed by atoms with van der Waals surface area (Å²) in [6.45, 7) is 4.90. The number of benzene rings is 1. The van der Waals surface area contributed by atoms with Gasteiger partial charge < -0.3 is 15.6 Å². The van der Waals surface area contributed by atoms with E-state index in [9.17, 15) is 9.59 Å². The zero-order valence-corrected chi connectivity index (χ0v) is 18.4. The quantitative estimate of drug-likeness (QED) is 0.564. The molecule has 1 aliphatic heterocycles. The predicted molar refractivity (Wildman–Crippen MR) is 122 cm³/mol.